The number of ether oxygens (including phenoxy) is 1. The van der Waals surface area contributed by atoms with Gasteiger partial charge in [-0.25, -0.2) is 13.1 Å². The minimum absolute atomic E-state index is 0.160. The van der Waals surface area contributed by atoms with Crippen molar-refractivity contribution in [2.75, 3.05) is 32.8 Å². The molecule has 7 nitrogen and oxygen atoms in total. The lowest BCUT2D eigenvalue weighted by Gasteiger charge is -2.29. The van der Waals surface area contributed by atoms with Crippen LogP contribution in [0.4, 0.5) is 0 Å². The van der Waals surface area contributed by atoms with Crippen molar-refractivity contribution in [1.29, 1.82) is 0 Å². The van der Waals surface area contributed by atoms with E-state index in [9.17, 15) is 8.42 Å². The highest BCUT2D eigenvalue weighted by Crippen LogP contribution is 2.16. The summed E-state index contributed by atoms with van der Waals surface area (Å²) in [6, 6.07) is -0.160. The maximum atomic E-state index is 12.4. The van der Waals surface area contributed by atoms with E-state index in [4.69, 9.17) is 4.74 Å². The van der Waals surface area contributed by atoms with Crippen LogP contribution in [0, 0.1) is 13.8 Å². The Hall–Kier alpha value is -0.960. The van der Waals surface area contributed by atoms with Crippen molar-refractivity contribution >= 4 is 10.0 Å². The van der Waals surface area contributed by atoms with Crippen molar-refractivity contribution in [3.05, 3.63) is 11.4 Å². The van der Waals surface area contributed by atoms with Gasteiger partial charge in [-0.1, -0.05) is 0 Å². The summed E-state index contributed by atoms with van der Waals surface area (Å²) in [7, 11) is -3.53. The fraction of sp³-hybridized carbons (Fsp3) is 0.750. The van der Waals surface area contributed by atoms with Gasteiger partial charge in [-0.2, -0.15) is 5.10 Å². The van der Waals surface area contributed by atoms with E-state index in [1.165, 1.54) is 0 Å². The largest absolute Gasteiger partial charge is 0.379 e. The Morgan fingerprint density at radius 3 is 2.60 bits per heavy atom. The van der Waals surface area contributed by atoms with Gasteiger partial charge in [-0.3, -0.25) is 10.00 Å². The highest BCUT2D eigenvalue weighted by atomic mass is 32.2. The minimum Gasteiger partial charge on any atom is -0.379 e. The number of nitrogens with zero attached hydrogens (tertiary/aromatic N) is 2. The Labute approximate surface area is 119 Å². The summed E-state index contributed by atoms with van der Waals surface area (Å²) < 4.78 is 32.7. The molecule has 1 aliphatic heterocycles. The van der Waals surface area contributed by atoms with Crippen LogP contribution < -0.4 is 4.72 Å². The first-order valence-electron chi connectivity index (χ1n) is 6.74. The van der Waals surface area contributed by atoms with Gasteiger partial charge in [0.25, 0.3) is 0 Å². The van der Waals surface area contributed by atoms with Crippen LogP contribution in [-0.4, -0.2) is 62.4 Å². The molecule has 1 fully saturated rings. The van der Waals surface area contributed by atoms with Gasteiger partial charge in [0.05, 0.1) is 24.6 Å². The van der Waals surface area contributed by atoms with Gasteiger partial charge >= 0.3 is 0 Å². The van der Waals surface area contributed by atoms with Crippen molar-refractivity contribution in [3.63, 3.8) is 0 Å². The highest BCUT2D eigenvalue weighted by molar-refractivity contribution is 7.89. The molecule has 1 atom stereocenters. The number of H-pyrrole nitrogens is 1. The van der Waals surface area contributed by atoms with Crippen LogP contribution in [0.15, 0.2) is 4.90 Å². The molecule has 0 aliphatic carbocycles. The number of nitrogens with one attached hydrogen (secondary N) is 2. The monoisotopic (exact) mass is 302 g/mol. The van der Waals surface area contributed by atoms with Crippen LogP contribution in [0.25, 0.3) is 0 Å². The summed E-state index contributed by atoms with van der Waals surface area (Å²) in [6.45, 7) is 9.05. The second-order valence-electron chi connectivity index (χ2n) is 5.20. The molecule has 0 saturated carbocycles. The van der Waals surface area contributed by atoms with Crippen LogP contribution >= 0.6 is 0 Å². The molecule has 114 valence electrons. The van der Waals surface area contributed by atoms with E-state index in [2.05, 4.69) is 19.8 Å². The fourth-order valence-corrected chi connectivity index (χ4v) is 4.07. The zero-order valence-electron chi connectivity index (χ0n) is 12.1. The normalized spacial score (nSPS) is 19.1. The average Bonchev–Trinajstić information content (AvgIpc) is 2.70. The third kappa shape index (κ3) is 3.57. The minimum atomic E-state index is -3.53. The van der Waals surface area contributed by atoms with Crippen molar-refractivity contribution in [1.82, 2.24) is 19.8 Å². The molecular formula is C12H22N4O3S. The first-order valence-corrected chi connectivity index (χ1v) is 8.22. The predicted octanol–water partition coefficient (Wildman–Crippen LogP) is 0.0255. The quantitative estimate of drug-likeness (QED) is 0.801. The Morgan fingerprint density at radius 1 is 1.40 bits per heavy atom. The molecule has 2 rings (SSSR count). The summed E-state index contributed by atoms with van der Waals surface area (Å²) >= 11 is 0. The van der Waals surface area contributed by atoms with Gasteiger partial charge in [-0.15, -0.1) is 0 Å². The van der Waals surface area contributed by atoms with Gasteiger partial charge in [0.15, 0.2) is 0 Å². The van der Waals surface area contributed by atoms with E-state index in [-0.39, 0.29) is 10.9 Å². The van der Waals surface area contributed by atoms with Crippen LogP contribution in [0.5, 0.6) is 0 Å². The van der Waals surface area contributed by atoms with Crippen LogP contribution in [-0.2, 0) is 14.8 Å². The lowest BCUT2D eigenvalue weighted by molar-refractivity contribution is 0.0354. The van der Waals surface area contributed by atoms with Crippen molar-refractivity contribution in [3.8, 4) is 0 Å². The molecule has 1 aromatic heterocycles. The molecule has 20 heavy (non-hydrogen) atoms. The lowest BCUT2D eigenvalue weighted by Crippen LogP contribution is -2.46. The number of rotatable bonds is 5. The number of morpholine rings is 1. The van der Waals surface area contributed by atoms with E-state index in [1.807, 2.05) is 6.92 Å². The second-order valence-corrected chi connectivity index (χ2v) is 6.85. The lowest BCUT2D eigenvalue weighted by atomic mass is 10.3. The van der Waals surface area contributed by atoms with Crippen LogP contribution in [0.1, 0.15) is 18.3 Å². The number of aromatic amines is 1. The molecule has 0 aromatic carbocycles. The Balaban J connectivity index is 2.01. The predicted molar refractivity (Wildman–Crippen MR) is 75.1 cm³/mol. The molecule has 0 radical (unpaired) electrons. The maximum Gasteiger partial charge on any atom is 0.244 e. The Kier molecular flexibility index (Phi) is 4.79. The fourth-order valence-electron chi connectivity index (χ4n) is 2.47. The molecule has 1 aliphatic rings. The zero-order chi connectivity index (χ0) is 14.8. The van der Waals surface area contributed by atoms with Gasteiger partial charge < -0.3 is 4.74 Å². The van der Waals surface area contributed by atoms with Gasteiger partial charge in [-0.05, 0) is 20.8 Å². The molecule has 8 heteroatoms. The van der Waals surface area contributed by atoms with Crippen molar-refractivity contribution < 1.29 is 13.2 Å². The summed E-state index contributed by atoms with van der Waals surface area (Å²) in [5.41, 5.74) is 1.06. The molecule has 2 N–H and O–H groups in total. The number of hydrogen-bond acceptors (Lipinski definition) is 5. The summed E-state index contributed by atoms with van der Waals surface area (Å²) in [4.78, 5) is 2.46. The van der Waals surface area contributed by atoms with E-state index >= 15 is 0 Å². The zero-order valence-corrected chi connectivity index (χ0v) is 13.0. The second kappa shape index (κ2) is 6.21. The van der Waals surface area contributed by atoms with E-state index in [1.54, 1.807) is 13.8 Å². The third-order valence-corrected chi connectivity index (χ3v) is 5.17. The first-order chi connectivity index (χ1) is 9.40. The van der Waals surface area contributed by atoms with E-state index in [0.717, 1.165) is 13.1 Å². The number of hydrogen-bond donors (Lipinski definition) is 2. The number of aromatic nitrogens is 2. The molecule has 1 saturated heterocycles. The maximum absolute atomic E-state index is 12.4. The van der Waals surface area contributed by atoms with E-state index < -0.39 is 10.0 Å². The van der Waals surface area contributed by atoms with Gasteiger partial charge in [0, 0.05) is 25.7 Å². The van der Waals surface area contributed by atoms with Crippen molar-refractivity contribution in [2.24, 2.45) is 0 Å². The van der Waals surface area contributed by atoms with E-state index in [0.29, 0.717) is 31.1 Å². The molecular weight excluding hydrogens is 280 g/mol. The van der Waals surface area contributed by atoms with Crippen molar-refractivity contribution in [2.45, 2.75) is 31.7 Å². The topological polar surface area (TPSA) is 87.3 Å². The van der Waals surface area contributed by atoms with Crippen LogP contribution in [0.3, 0.4) is 0 Å². The highest BCUT2D eigenvalue weighted by Gasteiger charge is 2.25. The van der Waals surface area contributed by atoms with Gasteiger partial charge in [0.2, 0.25) is 10.0 Å². The summed E-state index contributed by atoms with van der Waals surface area (Å²) in [5.74, 6) is 0. The first kappa shape index (κ1) is 15.4. The number of aryl methyl sites for hydroxylation is 2. The SMILES string of the molecule is Cc1n[nH]c(C)c1S(=O)(=O)NC(C)CN1CCOCC1. The summed E-state index contributed by atoms with van der Waals surface area (Å²) in [6.07, 6.45) is 0. The average molecular weight is 302 g/mol. The molecule has 1 aromatic rings. The molecule has 0 bridgehead atoms. The summed E-state index contributed by atoms with van der Waals surface area (Å²) in [5, 5.41) is 6.64. The Bertz CT molecular complexity index is 530. The third-order valence-electron chi connectivity index (χ3n) is 3.32. The Morgan fingerprint density at radius 2 is 2.05 bits per heavy atom. The molecule has 2 heterocycles. The molecule has 1 unspecified atom stereocenters. The molecule has 0 spiro atoms. The smallest absolute Gasteiger partial charge is 0.244 e. The molecule has 0 amide bonds. The van der Waals surface area contributed by atoms with Gasteiger partial charge in [0.1, 0.15) is 4.90 Å². The standard InChI is InChI=1S/C12H22N4O3S/c1-9(8-16-4-6-19-7-5-16)15-20(17,18)12-10(2)13-14-11(12)3/h9,15H,4-8H2,1-3H3,(H,13,14). The number of sulfonamides is 1. The van der Waals surface area contributed by atoms with Crippen LogP contribution in [0.2, 0.25) is 0 Å².